The summed E-state index contributed by atoms with van der Waals surface area (Å²) in [5.74, 6) is 7.20. The minimum Gasteiger partial charge on any atom is -0.337 e. The van der Waals surface area contributed by atoms with Crippen molar-refractivity contribution in [1.82, 2.24) is 9.80 Å². The van der Waals surface area contributed by atoms with Gasteiger partial charge in [0, 0.05) is 37.7 Å². The van der Waals surface area contributed by atoms with Crippen LogP contribution >= 0.6 is 0 Å². The van der Waals surface area contributed by atoms with Crippen LogP contribution in [0.3, 0.4) is 0 Å². The van der Waals surface area contributed by atoms with Crippen molar-refractivity contribution in [2.45, 2.75) is 32.2 Å². The Morgan fingerprint density at radius 1 is 1.14 bits per heavy atom. The van der Waals surface area contributed by atoms with Crippen molar-refractivity contribution in [3.05, 3.63) is 35.9 Å². The zero-order chi connectivity index (χ0) is 15.4. The summed E-state index contributed by atoms with van der Waals surface area (Å²) in [5, 5.41) is 0. The van der Waals surface area contributed by atoms with Crippen molar-refractivity contribution in [2.24, 2.45) is 5.92 Å². The minimum absolute atomic E-state index is 0.180. The van der Waals surface area contributed by atoms with Gasteiger partial charge >= 0.3 is 0 Å². The zero-order valence-electron chi connectivity index (χ0n) is 13.3. The van der Waals surface area contributed by atoms with Gasteiger partial charge in [0.1, 0.15) is 0 Å². The van der Waals surface area contributed by atoms with Gasteiger partial charge in [-0.2, -0.15) is 0 Å². The molecule has 3 fully saturated rings. The molecule has 1 aromatic carbocycles. The highest BCUT2D eigenvalue weighted by Gasteiger charge is 2.36. The molecule has 0 unspecified atom stereocenters. The van der Waals surface area contributed by atoms with E-state index in [-0.39, 0.29) is 5.91 Å². The van der Waals surface area contributed by atoms with Crippen molar-refractivity contribution >= 4 is 5.91 Å². The second-order valence-electron chi connectivity index (χ2n) is 6.31. The van der Waals surface area contributed by atoms with E-state index in [4.69, 9.17) is 0 Å². The van der Waals surface area contributed by atoms with E-state index >= 15 is 0 Å². The van der Waals surface area contributed by atoms with Crippen LogP contribution in [0.5, 0.6) is 0 Å². The van der Waals surface area contributed by atoms with E-state index in [2.05, 4.69) is 28.6 Å². The van der Waals surface area contributed by atoms with Gasteiger partial charge in [0.25, 0.3) is 5.91 Å². The van der Waals surface area contributed by atoms with Crippen LogP contribution < -0.4 is 0 Å². The zero-order valence-corrected chi connectivity index (χ0v) is 13.3. The second kappa shape index (κ2) is 6.98. The summed E-state index contributed by atoms with van der Waals surface area (Å²) in [6.45, 7) is 5.76. The van der Waals surface area contributed by atoms with Gasteiger partial charge in [0.05, 0.1) is 6.54 Å². The van der Waals surface area contributed by atoms with Crippen molar-refractivity contribution in [3.63, 3.8) is 0 Å². The number of carbonyl (C=O) groups is 1. The van der Waals surface area contributed by atoms with Gasteiger partial charge in [-0.15, -0.1) is 5.92 Å². The highest BCUT2D eigenvalue weighted by atomic mass is 16.2. The third-order valence-electron chi connectivity index (χ3n) is 4.72. The average Bonchev–Trinajstić information content (AvgIpc) is 2.87. The lowest BCUT2D eigenvalue weighted by atomic mass is 9.95. The molecule has 0 aromatic heterocycles. The van der Waals surface area contributed by atoms with Crippen molar-refractivity contribution in [1.29, 1.82) is 0 Å². The Hall–Kier alpha value is -1.79. The molecule has 3 aliphatic rings. The first-order chi connectivity index (χ1) is 10.8. The summed E-state index contributed by atoms with van der Waals surface area (Å²) < 4.78 is 0. The van der Waals surface area contributed by atoms with E-state index in [1.54, 1.807) is 0 Å². The molecule has 3 heteroatoms. The lowest BCUT2D eigenvalue weighted by Gasteiger charge is -2.34. The number of piperidine rings is 1. The summed E-state index contributed by atoms with van der Waals surface area (Å²) in [4.78, 5) is 17.3. The molecule has 3 aliphatic heterocycles. The molecule has 3 heterocycles. The Labute approximate surface area is 133 Å². The Morgan fingerprint density at radius 2 is 1.95 bits per heavy atom. The monoisotopic (exact) mass is 296 g/mol. The molecule has 0 spiro atoms. The SMILES string of the molecule is CCC#CCN1C[C@H]2CC[C@@H]1CN(C(=O)c1ccccc1)C2. The number of amides is 1. The third kappa shape index (κ3) is 3.34. The van der Waals surface area contributed by atoms with Crippen molar-refractivity contribution in [2.75, 3.05) is 26.2 Å². The number of nitrogens with zero attached hydrogens (tertiary/aromatic N) is 2. The molecule has 22 heavy (non-hydrogen) atoms. The maximum atomic E-state index is 12.7. The predicted molar refractivity (Wildman–Crippen MR) is 88.5 cm³/mol. The molecule has 2 atom stereocenters. The molecule has 116 valence electrons. The van der Waals surface area contributed by atoms with Crippen LogP contribution in [0, 0.1) is 17.8 Å². The number of hydrogen-bond donors (Lipinski definition) is 0. The topological polar surface area (TPSA) is 23.6 Å². The smallest absolute Gasteiger partial charge is 0.253 e. The first-order valence-corrected chi connectivity index (χ1v) is 8.32. The first-order valence-electron chi connectivity index (χ1n) is 8.32. The van der Waals surface area contributed by atoms with E-state index in [0.29, 0.717) is 12.0 Å². The van der Waals surface area contributed by atoms with Gasteiger partial charge < -0.3 is 4.90 Å². The minimum atomic E-state index is 0.180. The lowest BCUT2D eigenvalue weighted by molar-refractivity contribution is 0.0741. The van der Waals surface area contributed by atoms with E-state index in [0.717, 1.165) is 38.2 Å². The molecule has 0 N–H and O–H groups in total. The number of benzene rings is 1. The Kier molecular flexibility index (Phi) is 4.80. The van der Waals surface area contributed by atoms with Crippen molar-refractivity contribution in [3.8, 4) is 11.8 Å². The maximum Gasteiger partial charge on any atom is 0.253 e. The second-order valence-corrected chi connectivity index (χ2v) is 6.31. The molecule has 0 aliphatic carbocycles. The fourth-order valence-corrected chi connectivity index (χ4v) is 3.58. The van der Waals surface area contributed by atoms with Crippen LogP contribution in [-0.2, 0) is 0 Å². The lowest BCUT2D eigenvalue weighted by Crippen LogP contribution is -2.44. The predicted octanol–water partition coefficient (Wildman–Crippen LogP) is 2.64. The Balaban J connectivity index is 1.71. The average molecular weight is 296 g/mol. The van der Waals surface area contributed by atoms with Gasteiger partial charge in [-0.1, -0.05) is 31.0 Å². The van der Waals surface area contributed by atoms with E-state index < -0.39 is 0 Å². The molecule has 3 saturated heterocycles. The summed E-state index contributed by atoms with van der Waals surface area (Å²) in [5.41, 5.74) is 0.807. The summed E-state index contributed by atoms with van der Waals surface area (Å²) in [7, 11) is 0. The third-order valence-corrected chi connectivity index (χ3v) is 4.72. The highest BCUT2D eigenvalue weighted by molar-refractivity contribution is 5.94. The summed E-state index contributed by atoms with van der Waals surface area (Å²) in [6, 6.07) is 10.1. The quantitative estimate of drug-likeness (QED) is 0.783. The molecular formula is C19H24N2O. The summed E-state index contributed by atoms with van der Waals surface area (Å²) >= 11 is 0. The van der Waals surface area contributed by atoms with Crippen LogP contribution in [0.2, 0.25) is 0 Å². The molecule has 1 aromatic rings. The van der Waals surface area contributed by atoms with Gasteiger partial charge in [0.2, 0.25) is 0 Å². The molecule has 1 amide bonds. The molecule has 4 rings (SSSR count). The van der Waals surface area contributed by atoms with E-state index in [9.17, 15) is 4.79 Å². The number of fused-ring (bicyclic) bond motifs is 4. The summed E-state index contributed by atoms with van der Waals surface area (Å²) in [6.07, 6.45) is 3.35. The van der Waals surface area contributed by atoms with Crippen LogP contribution in [0.15, 0.2) is 30.3 Å². The van der Waals surface area contributed by atoms with Crippen LogP contribution in [0.4, 0.5) is 0 Å². The van der Waals surface area contributed by atoms with E-state index in [1.165, 1.54) is 12.8 Å². The highest BCUT2D eigenvalue weighted by Crippen LogP contribution is 2.28. The van der Waals surface area contributed by atoms with Crippen molar-refractivity contribution < 1.29 is 4.79 Å². The number of rotatable bonds is 2. The Morgan fingerprint density at radius 3 is 2.73 bits per heavy atom. The molecule has 0 saturated carbocycles. The fraction of sp³-hybridized carbons (Fsp3) is 0.526. The maximum absolute atomic E-state index is 12.7. The number of carbonyl (C=O) groups excluding carboxylic acids is 1. The molecular weight excluding hydrogens is 272 g/mol. The largest absolute Gasteiger partial charge is 0.337 e. The van der Waals surface area contributed by atoms with Gasteiger partial charge in [-0.05, 0) is 30.9 Å². The van der Waals surface area contributed by atoms with Gasteiger partial charge in [0.15, 0.2) is 0 Å². The Bertz CT molecular complexity index is 572. The standard InChI is InChI=1S/C19H24N2O/c1-2-3-7-12-20-13-16-10-11-18(20)15-21(14-16)19(22)17-8-5-4-6-9-17/h4-6,8-9,16,18H,2,10-15H2,1H3/t16-,18-/m1/s1. The normalized spacial score (nSPS) is 24.5. The van der Waals surface area contributed by atoms with Crippen LogP contribution in [0.25, 0.3) is 0 Å². The molecule has 0 radical (unpaired) electrons. The van der Waals surface area contributed by atoms with E-state index in [1.807, 2.05) is 30.3 Å². The molecule has 2 bridgehead atoms. The van der Waals surface area contributed by atoms with Crippen LogP contribution in [0.1, 0.15) is 36.5 Å². The fourth-order valence-electron chi connectivity index (χ4n) is 3.58. The van der Waals surface area contributed by atoms with Crippen LogP contribution in [-0.4, -0.2) is 47.9 Å². The van der Waals surface area contributed by atoms with Gasteiger partial charge in [-0.3, -0.25) is 9.69 Å². The molecule has 3 nitrogen and oxygen atoms in total. The van der Waals surface area contributed by atoms with Gasteiger partial charge in [-0.25, -0.2) is 0 Å². The number of hydrogen-bond acceptors (Lipinski definition) is 2. The first kappa shape index (κ1) is 15.1.